The highest BCUT2D eigenvalue weighted by Crippen LogP contribution is 2.47. The fourth-order valence-corrected chi connectivity index (χ4v) is 7.96. The number of furan rings is 1. The van der Waals surface area contributed by atoms with Gasteiger partial charge in [-0.05, 0) is 89.5 Å². The van der Waals surface area contributed by atoms with Crippen molar-refractivity contribution in [1.29, 1.82) is 0 Å². The molecule has 0 bridgehead atoms. The molecule has 0 fully saturated rings. The summed E-state index contributed by atoms with van der Waals surface area (Å²) in [7, 11) is 0. The summed E-state index contributed by atoms with van der Waals surface area (Å²) in [5.41, 5.74) is 12.4. The van der Waals surface area contributed by atoms with Crippen LogP contribution >= 0.6 is 11.6 Å². The molecule has 3 nitrogen and oxygen atoms in total. The summed E-state index contributed by atoms with van der Waals surface area (Å²) in [6, 6.07) is 65.8. The number of hydrogen-bond acceptors (Lipinski definition) is 2. The van der Waals surface area contributed by atoms with Gasteiger partial charge in [0, 0.05) is 49.5 Å². The van der Waals surface area contributed by atoms with Gasteiger partial charge in [0.25, 0.3) is 0 Å². The van der Waals surface area contributed by atoms with Crippen LogP contribution in [-0.2, 0) is 0 Å². The lowest BCUT2D eigenvalue weighted by Crippen LogP contribution is -2.09. The van der Waals surface area contributed by atoms with Crippen molar-refractivity contribution in [3.63, 3.8) is 0 Å². The number of aromatic nitrogens is 1. The lowest BCUT2D eigenvalue weighted by Gasteiger charge is -2.26. The predicted octanol–water partition coefficient (Wildman–Crippen LogP) is 14.1. The molecule has 0 aliphatic carbocycles. The van der Waals surface area contributed by atoms with E-state index < -0.39 is 0 Å². The molecule has 0 spiro atoms. The summed E-state index contributed by atoms with van der Waals surface area (Å²) in [4.78, 5) is 2.25. The zero-order valence-electron chi connectivity index (χ0n) is 28.1. The van der Waals surface area contributed by atoms with Gasteiger partial charge >= 0.3 is 0 Å². The van der Waals surface area contributed by atoms with Crippen molar-refractivity contribution < 1.29 is 4.42 Å². The fourth-order valence-electron chi connectivity index (χ4n) is 7.74. The highest BCUT2D eigenvalue weighted by Gasteiger charge is 2.24. The maximum absolute atomic E-state index is 7.05. The quantitative estimate of drug-likeness (QED) is 0.174. The summed E-state index contributed by atoms with van der Waals surface area (Å²) in [6.07, 6.45) is 0. The Labute approximate surface area is 306 Å². The molecule has 246 valence electrons. The van der Waals surface area contributed by atoms with Gasteiger partial charge in [-0.2, -0.15) is 0 Å². The normalized spacial score (nSPS) is 11.6. The maximum atomic E-state index is 7.05. The molecule has 0 N–H and O–H groups in total. The van der Waals surface area contributed by atoms with E-state index >= 15 is 0 Å². The largest absolute Gasteiger partial charge is 0.455 e. The van der Waals surface area contributed by atoms with Crippen LogP contribution in [0.3, 0.4) is 0 Å². The van der Waals surface area contributed by atoms with E-state index in [0.29, 0.717) is 5.02 Å². The Morgan fingerprint density at radius 1 is 0.462 bits per heavy atom. The molecule has 0 radical (unpaired) electrons. The number of hydrogen-bond donors (Lipinski definition) is 0. The fraction of sp³-hybridized carbons (Fsp3) is 0. The Kier molecular flexibility index (Phi) is 7.19. The van der Waals surface area contributed by atoms with Gasteiger partial charge in [-0.25, -0.2) is 0 Å². The second kappa shape index (κ2) is 12.3. The number of fused-ring (bicyclic) bond motifs is 7. The monoisotopic (exact) mass is 686 g/mol. The van der Waals surface area contributed by atoms with Crippen molar-refractivity contribution in [3.8, 4) is 27.9 Å². The van der Waals surface area contributed by atoms with Crippen LogP contribution in [0.5, 0.6) is 0 Å². The third-order valence-corrected chi connectivity index (χ3v) is 10.2. The van der Waals surface area contributed by atoms with Crippen molar-refractivity contribution in [2.24, 2.45) is 0 Å². The van der Waals surface area contributed by atoms with E-state index in [2.05, 4.69) is 173 Å². The average molecular weight is 687 g/mol. The van der Waals surface area contributed by atoms with Crippen LogP contribution in [0.15, 0.2) is 192 Å². The zero-order chi connectivity index (χ0) is 34.6. The van der Waals surface area contributed by atoms with Gasteiger partial charge in [0.15, 0.2) is 0 Å². The summed E-state index contributed by atoms with van der Waals surface area (Å²) < 4.78 is 9.27. The lowest BCUT2D eigenvalue weighted by atomic mass is 9.97. The van der Waals surface area contributed by atoms with Crippen LogP contribution in [0.4, 0.5) is 17.1 Å². The number of para-hydroxylation sites is 4. The van der Waals surface area contributed by atoms with Crippen LogP contribution in [0.25, 0.3) is 71.7 Å². The molecular weight excluding hydrogens is 656 g/mol. The first-order chi connectivity index (χ1) is 25.7. The first-order valence-corrected chi connectivity index (χ1v) is 17.8. The van der Waals surface area contributed by atoms with Gasteiger partial charge in [-0.15, -0.1) is 0 Å². The van der Waals surface area contributed by atoms with E-state index in [9.17, 15) is 0 Å². The van der Waals surface area contributed by atoms with Crippen molar-refractivity contribution >= 4 is 72.4 Å². The number of halogens is 1. The third kappa shape index (κ3) is 4.98. The molecule has 2 heterocycles. The van der Waals surface area contributed by atoms with E-state index in [1.807, 2.05) is 24.3 Å². The zero-order valence-corrected chi connectivity index (χ0v) is 28.8. The molecule has 0 aliphatic heterocycles. The highest BCUT2D eigenvalue weighted by molar-refractivity contribution is 6.32. The van der Waals surface area contributed by atoms with E-state index in [0.717, 1.165) is 72.2 Å². The molecule has 2 aromatic heterocycles. The smallest absolute Gasteiger partial charge is 0.145 e. The minimum absolute atomic E-state index is 0.647. The third-order valence-electron chi connectivity index (χ3n) is 9.97. The second-order valence-electron chi connectivity index (χ2n) is 13.1. The SMILES string of the molecule is Clc1cc(-c2cc3c4ccccc4n(-c4cccc(-c5ccccc5)c4)c3c3c2oc2ccccc23)cc(N(c2ccccc2)c2ccccc2)c1. The minimum atomic E-state index is 0.647. The van der Waals surface area contributed by atoms with E-state index in [4.69, 9.17) is 16.0 Å². The predicted molar refractivity (Wildman–Crippen MR) is 219 cm³/mol. The van der Waals surface area contributed by atoms with Crippen molar-refractivity contribution in [2.45, 2.75) is 0 Å². The van der Waals surface area contributed by atoms with E-state index in [1.165, 1.54) is 16.5 Å². The molecule has 0 amide bonds. The first-order valence-electron chi connectivity index (χ1n) is 17.5. The molecule has 0 saturated heterocycles. The summed E-state index contributed by atoms with van der Waals surface area (Å²) >= 11 is 7.05. The summed E-state index contributed by atoms with van der Waals surface area (Å²) in [5.74, 6) is 0. The van der Waals surface area contributed by atoms with Crippen LogP contribution in [-0.4, -0.2) is 4.57 Å². The first kappa shape index (κ1) is 30.3. The molecule has 0 saturated carbocycles. The molecule has 0 atom stereocenters. The molecule has 0 aliphatic rings. The van der Waals surface area contributed by atoms with Crippen LogP contribution in [0, 0.1) is 0 Å². The Balaban J connectivity index is 1.28. The number of rotatable bonds is 6. The van der Waals surface area contributed by atoms with Gasteiger partial charge in [0.1, 0.15) is 11.2 Å². The Morgan fingerprint density at radius 2 is 1.10 bits per heavy atom. The van der Waals surface area contributed by atoms with Gasteiger partial charge in [0.2, 0.25) is 0 Å². The summed E-state index contributed by atoms with van der Waals surface area (Å²) in [6.45, 7) is 0. The standard InChI is InChI=1S/C48H31ClN2O/c49-35-27-34(29-39(30-35)50(36-18-6-2-7-19-36)37-20-8-3-9-21-37)42-31-43-40-23-10-12-25-44(40)51(38-22-14-17-33(28-38)32-15-4-1-5-16-32)47(43)46-41-24-11-13-26-45(41)52-48(42)46/h1-31H. The Hall–Kier alpha value is -6.55. The van der Waals surface area contributed by atoms with Crippen LogP contribution in [0.2, 0.25) is 5.02 Å². The van der Waals surface area contributed by atoms with Crippen molar-refractivity contribution in [1.82, 2.24) is 4.57 Å². The molecule has 0 unspecified atom stereocenters. The van der Waals surface area contributed by atoms with Crippen LogP contribution < -0.4 is 4.90 Å². The molecule has 10 aromatic rings. The van der Waals surface area contributed by atoms with E-state index in [1.54, 1.807) is 0 Å². The Bertz CT molecular complexity index is 2870. The molecule has 4 heteroatoms. The number of benzene rings is 8. The number of anilines is 3. The molecular formula is C48H31ClN2O. The summed E-state index contributed by atoms with van der Waals surface area (Å²) in [5, 5.41) is 5.13. The Morgan fingerprint density at radius 3 is 1.85 bits per heavy atom. The van der Waals surface area contributed by atoms with Gasteiger partial charge in [-0.3, -0.25) is 0 Å². The topological polar surface area (TPSA) is 21.3 Å². The molecule has 10 rings (SSSR count). The van der Waals surface area contributed by atoms with Crippen LogP contribution in [0.1, 0.15) is 0 Å². The van der Waals surface area contributed by atoms with Gasteiger partial charge in [-0.1, -0.05) is 127 Å². The molecule has 52 heavy (non-hydrogen) atoms. The number of nitrogens with zero attached hydrogens (tertiary/aromatic N) is 2. The van der Waals surface area contributed by atoms with Crippen molar-refractivity contribution in [2.75, 3.05) is 4.90 Å². The van der Waals surface area contributed by atoms with Crippen molar-refractivity contribution in [3.05, 3.63) is 193 Å². The average Bonchev–Trinajstić information content (AvgIpc) is 3.75. The lowest BCUT2D eigenvalue weighted by molar-refractivity contribution is 0.670. The maximum Gasteiger partial charge on any atom is 0.145 e. The second-order valence-corrected chi connectivity index (χ2v) is 13.5. The van der Waals surface area contributed by atoms with Gasteiger partial charge in [0.05, 0.1) is 16.4 Å². The minimum Gasteiger partial charge on any atom is -0.455 e. The van der Waals surface area contributed by atoms with Gasteiger partial charge < -0.3 is 13.9 Å². The highest BCUT2D eigenvalue weighted by atomic mass is 35.5. The van der Waals surface area contributed by atoms with E-state index in [-0.39, 0.29) is 0 Å². The molecule has 8 aromatic carbocycles.